The predicted octanol–water partition coefficient (Wildman–Crippen LogP) is 4.80. The van der Waals surface area contributed by atoms with Crippen LogP contribution in [0, 0.1) is 5.82 Å². The van der Waals surface area contributed by atoms with Gasteiger partial charge in [-0.15, -0.1) is 0 Å². The molecule has 1 aromatic heterocycles. The number of benzene rings is 3. The number of nitrogens with one attached hydrogen (secondary N) is 2. The maximum atomic E-state index is 13.4. The van der Waals surface area contributed by atoms with Crippen molar-refractivity contribution >= 4 is 28.2 Å². The first-order chi connectivity index (χ1) is 16.5. The highest BCUT2D eigenvalue weighted by molar-refractivity contribution is 7.80. The summed E-state index contributed by atoms with van der Waals surface area (Å²) in [6.07, 6.45) is 0.821. The first kappa shape index (κ1) is 23.4. The quantitative estimate of drug-likeness (QED) is 0.359. The third-order valence-electron chi connectivity index (χ3n) is 5.60. The van der Waals surface area contributed by atoms with Gasteiger partial charge in [0, 0.05) is 29.6 Å². The van der Waals surface area contributed by atoms with E-state index in [0.717, 1.165) is 22.9 Å². The number of hydrogen-bond donors (Lipinski definition) is 2. The Morgan fingerprint density at radius 1 is 1.00 bits per heavy atom. The molecule has 4 rings (SSSR count). The summed E-state index contributed by atoms with van der Waals surface area (Å²) in [7, 11) is 1.61. The van der Waals surface area contributed by atoms with Crippen molar-refractivity contribution in [1.82, 2.24) is 15.2 Å². The molecule has 0 aliphatic heterocycles. The number of aromatic amines is 1. The van der Waals surface area contributed by atoms with E-state index in [0.29, 0.717) is 36.1 Å². The maximum Gasteiger partial charge on any atom is 0.253 e. The van der Waals surface area contributed by atoms with Crippen molar-refractivity contribution in [2.24, 2.45) is 0 Å². The average molecular weight is 476 g/mol. The van der Waals surface area contributed by atoms with Gasteiger partial charge < -0.3 is 19.9 Å². The average Bonchev–Trinajstić information content (AvgIpc) is 2.85. The molecule has 0 atom stereocenters. The fourth-order valence-corrected chi connectivity index (χ4v) is 3.99. The second-order valence-corrected chi connectivity index (χ2v) is 8.41. The number of methoxy groups -OCH3 is 1. The lowest BCUT2D eigenvalue weighted by Crippen LogP contribution is -2.40. The Labute approximate surface area is 203 Å². The molecule has 7 heteroatoms. The molecule has 2 N–H and O–H groups in total. The number of ether oxygens (including phenoxy) is 1. The van der Waals surface area contributed by atoms with E-state index in [-0.39, 0.29) is 11.4 Å². The van der Waals surface area contributed by atoms with Gasteiger partial charge in [-0.05, 0) is 66.2 Å². The zero-order valence-electron chi connectivity index (χ0n) is 18.9. The minimum Gasteiger partial charge on any atom is -0.497 e. The van der Waals surface area contributed by atoms with Gasteiger partial charge in [0.15, 0.2) is 5.11 Å². The molecule has 0 spiro atoms. The molecule has 174 valence electrons. The van der Waals surface area contributed by atoms with Crippen LogP contribution in [0.4, 0.5) is 4.39 Å². The molecule has 0 saturated carbocycles. The van der Waals surface area contributed by atoms with Crippen molar-refractivity contribution in [3.05, 3.63) is 112 Å². The highest BCUT2D eigenvalue weighted by Crippen LogP contribution is 2.20. The fraction of sp³-hybridized carbons (Fsp3) is 0.185. The molecule has 0 bridgehead atoms. The van der Waals surface area contributed by atoms with E-state index < -0.39 is 0 Å². The van der Waals surface area contributed by atoms with Gasteiger partial charge in [0.1, 0.15) is 11.6 Å². The van der Waals surface area contributed by atoms with Crippen LogP contribution in [0.25, 0.3) is 10.9 Å². The number of pyridine rings is 1. The zero-order valence-corrected chi connectivity index (χ0v) is 19.7. The molecule has 0 saturated heterocycles. The van der Waals surface area contributed by atoms with Crippen LogP contribution in [0.1, 0.15) is 16.7 Å². The molecular weight excluding hydrogens is 449 g/mol. The molecule has 1 heterocycles. The molecule has 0 amide bonds. The van der Waals surface area contributed by atoms with Crippen molar-refractivity contribution < 1.29 is 9.13 Å². The van der Waals surface area contributed by atoms with Gasteiger partial charge >= 0.3 is 0 Å². The summed E-state index contributed by atoms with van der Waals surface area (Å²) in [6, 6.07) is 23.8. The van der Waals surface area contributed by atoms with Crippen molar-refractivity contribution in [1.29, 1.82) is 0 Å². The van der Waals surface area contributed by atoms with E-state index in [1.165, 1.54) is 17.7 Å². The van der Waals surface area contributed by atoms with E-state index >= 15 is 0 Å². The maximum absolute atomic E-state index is 13.4. The van der Waals surface area contributed by atoms with Gasteiger partial charge in [-0.3, -0.25) is 4.79 Å². The van der Waals surface area contributed by atoms with Crippen molar-refractivity contribution in [2.45, 2.75) is 19.5 Å². The van der Waals surface area contributed by atoms with Crippen LogP contribution in [0.5, 0.6) is 5.75 Å². The molecule has 0 radical (unpaired) electrons. The molecule has 0 fully saturated rings. The summed E-state index contributed by atoms with van der Waals surface area (Å²) < 4.78 is 18.7. The number of H-pyrrole nitrogens is 1. The van der Waals surface area contributed by atoms with Crippen LogP contribution in [-0.2, 0) is 19.5 Å². The lowest BCUT2D eigenvalue weighted by Gasteiger charge is -2.26. The molecule has 0 unspecified atom stereocenters. The molecule has 0 aliphatic carbocycles. The van der Waals surface area contributed by atoms with E-state index in [2.05, 4.69) is 22.4 Å². The highest BCUT2D eigenvalue weighted by atomic mass is 32.1. The topological polar surface area (TPSA) is 57.4 Å². The summed E-state index contributed by atoms with van der Waals surface area (Å²) in [6.45, 7) is 1.40. The van der Waals surface area contributed by atoms with Gasteiger partial charge in [-0.1, -0.05) is 42.5 Å². The van der Waals surface area contributed by atoms with E-state index in [1.54, 1.807) is 19.2 Å². The van der Waals surface area contributed by atoms with Crippen molar-refractivity contribution in [3.8, 4) is 5.75 Å². The number of fused-ring (bicyclic) bond motifs is 1. The minimum absolute atomic E-state index is 0.172. The van der Waals surface area contributed by atoms with Gasteiger partial charge in [-0.2, -0.15) is 0 Å². The number of halogens is 1. The standard InChI is InChI=1S/C27H26FN3O2S/c1-33-24-11-12-25-21(16-24)15-22(26(32)30-25)18-31(17-20-7-9-23(28)10-8-20)27(34)29-14-13-19-5-3-2-4-6-19/h2-12,15-16H,13-14,17-18H2,1H3,(H,29,34)(H,30,32). The summed E-state index contributed by atoms with van der Waals surface area (Å²) in [5.41, 5.74) is 3.25. The first-order valence-electron chi connectivity index (χ1n) is 11.0. The van der Waals surface area contributed by atoms with Crippen LogP contribution < -0.4 is 15.6 Å². The number of nitrogens with zero attached hydrogens (tertiary/aromatic N) is 1. The summed E-state index contributed by atoms with van der Waals surface area (Å²) >= 11 is 5.70. The second kappa shape index (κ2) is 10.9. The van der Waals surface area contributed by atoms with Gasteiger partial charge in [0.2, 0.25) is 0 Å². The Bertz CT molecular complexity index is 1320. The fourth-order valence-electron chi connectivity index (χ4n) is 3.76. The first-order valence-corrected chi connectivity index (χ1v) is 11.4. The molecule has 34 heavy (non-hydrogen) atoms. The Morgan fingerprint density at radius 2 is 1.76 bits per heavy atom. The van der Waals surface area contributed by atoms with Crippen molar-refractivity contribution in [3.63, 3.8) is 0 Å². The largest absolute Gasteiger partial charge is 0.497 e. The SMILES string of the molecule is COc1ccc2[nH]c(=O)c(CN(Cc3ccc(F)cc3)C(=S)NCCc3ccccc3)cc2c1. The van der Waals surface area contributed by atoms with E-state index in [1.807, 2.05) is 47.4 Å². The van der Waals surface area contributed by atoms with Gasteiger partial charge in [-0.25, -0.2) is 4.39 Å². The molecule has 3 aromatic carbocycles. The summed E-state index contributed by atoms with van der Waals surface area (Å²) in [4.78, 5) is 17.7. The summed E-state index contributed by atoms with van der Waals surface area (Å²) in [5.74, 6) is 0.422. The Balaban J connectivity index is 1.55. The van der Waals surface area contributed by atoms with Gasteiger partial charge in [0.05, 0.1) is 13.7 Å². The van der Waals surface area contributed by atoms with Crippen LogP contribution in [-0.4, -0.2) is 28.7 Å². The predicted molar refractivity (Wildman–Crippen MR) is 138 cm³/mol. The number of thiocarbonyl (C=S) groups is 1. The molecular formula is C27H26FN3O2S. The van der Waals surface area contributed by atoms with E-state index in [9.17, 15) is 9.18 Å². The molecule has 0 aliphatic rings. The highest BCUT2D eigenvalue weighted by Gasteiger charge is 2.14. The van der Waals surface area contributed by atoms with Crippen LogP contribution in [0.2, 0.25) is 0 Å². The van der Waals surface area contributed by atoms with Gasteiger partial charge in [0.25, 0.3) is 5.56 Å². The zero-order chi connectivity index (χ0) is 23.9. The molecule has 4 aromatic rings. The molecule has 5 nitrogen and oxygen atoms in total. The van der Waals surface area contributed by atoms with Crippen LogP contribution >= 0.6 is 12.2 Å². The minimum atomic E-state index is -0.293. The van der Waals surface area contributed by atoms with Crippen molar-refractivity contribution in [2.75, 3.05) is 13.7 Å². The number of rotatable bonds is 8. The monoisotopic (exact) mass is 475 g/mol. The number of hydrogen-bond acceptors (Lipinski definition) is 3. The van der Waals surface area contributed by atoms with Crippen LogP contribution in [0.15, 0.2) is 83.7 Å². The third-order valence-corrected chi connectivity index (χ3v) is 6.00. The summed E-state index contributed by atoms with van der Waals surface area (Å²) in [5, 5.41) is 4.72. The second-order valence-electron chi connectivity index (χ2n) is 8.03. The Morgan fingerprint density at radius 3 is 2.50 bits per heavy atom. The normalized spacial score (nSPS) is 10.8. The number of aromatic nitrogens is 1. The smallest absolute Gasteiger partial charge is 0.253 e. The van der Waals surface area contributed by atoms with Crippen LogP contribution in [0.3, 0.4) is 0 Å². The lowest BCUT2D eigenvalue weighted by molar-refractivity contribution is 0.397. The lowest BCUT2D eigenvalue weighted by atomic mass is 10.1. The van der Waals surface area contributed by atoms with E-state index in [4.69, 9.17) is 17.0 Å². The third kappa shape index (κ3) is 5.99. The Kier molecular flexibility index (Phi) is 7.54. The Hall–Kier alpha value is -3.71.